The molecule has 1 heterocycles. The van der Waals surface area contributed by atoms with E-state index in [4.69, 9.17) is 26.1 Å². The molecule has 220 valence electrons. The van der Waals surface area contributed by atoms with Crippen molar-refractivity contribution in [2.24, 2.45) is 5.10 Å². The van der Waals surface area contributed by atoms with E-state index in [1.165, 1.54) is 4.68 Å². The molecule has 1 aromatic heterocycles. The Balaban J connectivity index is 1.56. The van der Waals surface area contributed by atoms with Crippen LogP contribution in [0, 0.1) is 6.92 Å². The lowest BCUT2D eigenvalue weighted by atomic mass is 9.96. The van der Waals surface area contributed by atoms with Crippen LogP contribution < -0.4 is 15.0 Å². The van der Waals surface area contributed by atoms with Crippen LogP contribution in [0.1, 0.15) is 48.9 Å². The Morgan fingerprint density at radius 2 is 1.77 bits per heavy atom. The average molecular weight is 724 g/mol. The average Bonchev–Trinajstić information content (AvgIpc) is 2.97. The Bertz CT molecular complexity index is 1860. The minimum absolute atomic E-state index is 0.203. The van der Waals surface area contributed by atoms with Gasteiger partial charge in [0.25, 0.3) is 5.56 Å². The van der Waals surface area contributed by atoms with Crippen LogP contribution in [0.4, 0.5) is 0 Å². The fraction of sp³-hybridized carbons (Fsp3) is 0.206. The first-order valence-electron chi connectivity index (χ1n) is 13.9. The first-order valence-corrected chi connectivity index (χ1v) is 15.8. The summed E-state index contributed by atoms with van der Waals surface area (Å²) < 4.78 is 15.0. The minimum atomic E-state index is -0.268. The molecule has 0 amide bonds. The Hall–Kier alpha value is -3.46. The molecule has 0 N–H and O–H groups in total. The lowest BCUT2D eigenvalue weighted by Gasteiger charge is -2.18. The van der Waals surface area contributed by atoms with E-state index in [1.54, 1.807) is 18.3 Å². The quantitative estimate of drug-likeness (QED) is 0.142. The highest BCUT2D eigenvalue weighted by atomic mass is 79.9. The number of nitrogens with zero attached hydrogens (tertiary/aromatic N) is 3. The molecule has 4 aromatic carbocycles. The van der Waals surface area contributed by atoms with Crippen LogP contribution in [0.25, 0.3) is 22.3 Å². The van der Waals surface area contributed by atoms with Crippen molar-refractivity contribution in [1.29, 1.82) is 0 Å². The van der Waals surface area contributed by atoms with Gasteiger partial charge in [0.05, 0.1) is 33.2 Å². The highest BCUT2D eigenvalue weighted by Gasteiger charge is 2.19. The molecule has 0 atom stereocenters. The zero-order chi connectivity index (χ0) is 30.7. The number of para-hydroxylation sites is 1. The molecule has 0 spiro atoms. The number of ether oxygens (including phenoxy) is 2. The Morgan fingerprint density at radius 3 is 2.47 bits per heavy atom. The van der Waals surface area contributed by atoms with Gasteiger partial charge in [-0.3, -0.25) is 4.79 Å². The van der Waals surface area contributed by atoms with E-state index in [0.29, 0.717) is 50.7 Å². The number of benzene rings is 4. The first-order chi connectivity index (χ1) is 20.7. The summed E-state index contributed by atoms with van der Waals surface area (Å²) in [5.41, 5.74) is 4.81. The van der Waals surface area contributed by atoms with Gasteiger partial charge in [-0.2, -0.15) is 9.78 Å². The monoisotopic (exact) mass is 721 g/mol. The van der Waals surface area contributed by atoms with Crippen LogP contribution in [0.2, 0.25) is 5.02 Å². The summed E-state index contributed by atoms with van der Waals surface area (Å²) in [5, 5.41) is 5.55. The maximum absolute atomic E-state index is 13.8. The molecule has 5 aromatic rings. The molecule has 0 fully saturated rings. The largest absolute Gasteiger partial charge is 0.494 e. The van der Waals surface area contributed by atoms with Crippen LogP contribution in [-0.2, 0) is 6.61 Å². The summed E-state index contributed by atoms with van der Waals surface area (Å²) >= 11 is 13.7. The normalized spacial score (nSPS) is 11.5. The van der Waals surface area contributed by atoms with E-state index in [9.17, 15) is 4.79 Å². The molecule has 43 heavy (non-hydrogen) atoms. The smallest absolute Gasteiger partial charge is 0.282 e. The number of halogens is 3. The number of hydrogen-bond donors (Lipinski definition) is 0. The Morgan fingerprint density at radius 1 is 1.02 bits per heavy atom. The molecule has 9 heteroatoms. The molecule has 5 rings (SSSR count). The summed E-state index contributed by atoms with van der Waals surface area (Å²) in [6.07, 6.45) is 1.60. The van der Waals surface area contributed by atoms with Crippen LogP contribution in [0.5, 0.6) is 11.5 Å². The van der Waals surface area contributed by atoms with Gasteiger partial charge >= 0.3 is 0 Å². The van der Waals surface area contributed by atoms with Crippen molar-refractivity contribution < 1.29 is 9.47 Å². The van der Waals surface area contributed by atoms with Crippen molar-refractivity contribution in [3.63, 3.8) is 0 Å². The molecule has 0 saturated heterocycles. The van der Waals surface area contributed by atoms with Gasteiger partial charge < -0.3 is 9.47 Å². The molecule has 0 bridgehead atoms. The molecule has 0 aliphatic heterocycles. The third kappa shape index (κ3) is 6.87. The number of aryl methyl sites for hydroxylation is 1. The topological polar surface area (TPSA) is 65.7 Å². The number of aromatic nitrogens is 2. The number of hydrogen-bond acceptors (Lipinski definition) is 5. The third-order valence-corrected chi connectivity index (χ3v) is 8.31. The summed E-state index contributed by atoms with van der Waals surface area (Å²) in [6, 6.07) is 22.9. The molecule has 0 radical (unpaired) electrons. The van der Waals surface area contributed by atoms with E-state index in [-0.39, 0.29) is 11.5 Å². The molecule has 0 aliphatic rings. The van der Waals surface area contributed by atoms with E-state index in [0.717, 1.165) is 32.5 Å². The van der Waals surface area contributed by atoms with Crippen molar-refractivity contribution in [3.8, 4) is 22.9 Å². The molecule has 6 nitrogen and oxygen atoms in total. The first kappa shape index (κ1) is 31.0. The molecule has 0 unspecified atom stereocenters. The second kappa shape index (κ2) is 13.5. The van der Waals surface area contributed by atoms with Crippen LogP contribution in [0.3, 0.4) is 0 Å². The predicted molar refractivity (Wildman–Crippen MR) is 182 cm³/mol. The van der Waals surface area contributed by atoms with Crippen LogP contribution in [-0.4, -0.2) is 22.5 Å². The van der Waals surface area contributed by atoms with E-state index < -0.39 is 0 Å². The summed E-state index contributed by atoms with van der Waals surface area (Å²) in [7, 11) is 0. The highest BCUT2D eigenvalue weighted by molar-refractivity contribution is 9.10. The zero-order valence-corrected chi connectivity index (χ0v) is 28.1. The fourth-order valence-corrected chi connectivity index (χ4v) is 5.98. The summed E-state index contributed by atoms with van der Waals surface area (Å²) in [4.78, 5) is 18.7. The minimum Gasteiger partial charge on any atom is -0.494 e. The van der Waals surface area contributed by atoms with Gasteiger partial charge in [-0.25, -0.2) is 4.98 Å². The molecular formula is C34H30Br2ClN3O3. The predicted octanol–water partition coefficient (Wildman–Crippen LogP) is 9.53. The maximum Gasteiger partial charge on any atom is 0.282 e. The number of fused-ring (bicyclic) bond motifs is 1. The van der Waals surface area contributed by atoms with Gasteiger partial charge in [-0.1, -0.05) is 65.6 Å². The Kier molecular flexibility index (Phi) is 9.69. The molecule has 0 saturated carbocycles. The van der Waals surface area contributed by atoms with Crippen LogP contribution in [0.15, 0.2) is 91.6 Å². The SMILES string of the molecule is CCOc1cc(C)c(-c2nc3ccccc3c(=O)n2N=Cc2cc(Cl)c(OCc3ccc(Br)cc3)c(Br)c2)cc1C(C)C. The van der Waals surface area contributed by atoms with E-state index >= 15 is 0 Å². The van der Waals surface area contributed by atoms with Gasteiger partial charge in [-0.15, -0.1) is 0 Å². The summed E-state index contributed by atoms with van der Waals surface area (Å²) in [5.74, 6) is 2.01. The Labute approximate surface area is 272 Å². The van der Waals surface area contributed by atoms with Crippen molar-refractivity contribution in [2.45, 2.75) is 40.2 Å². The standard InChI is InChI=1S/C34H30Br2ClN3O3/c1-5-42-31-14-21(4)27(17-26(31)20(2)3)33-39-30-9-7-6-8-25(30)34(41)40(33)38-18-23-15-28(36)32(29(37)16-23)43-19-22-10-12-24(35)13-11-22/h6-18,20H,5,19H2,1-4H3. The van der Waals surface area contributed by atoms with Crippen LogP contribution >= 0.6 is 43.5 Å². The lowest BCUT2D eigenvalue weighted by Crippen LogP contribution is -2.21. The molecular weight excluding hydrogens is 694 g/mol. The maximum atomic E-state index is 13.8. The van der Waals surface area contributed by atoms with Gasteiger partial charge in [0.15, 0.2) is 11.6 Å². The molecule has 0 aliphatic carbocycles. The van der Waals surface area contributed by atoms with Gasteiger partial charge in [0, 0.05) is 10.0 Å². The van der Waals surface area contributed by atoms with Gasteiger partial charge in [0.1, 0.15) is 12.4 Å². The van der Waals surface area contributed by atoms with Gasteiger partial charge in [0.2, 0.25) is 0 Å². The van der Waals surface area contributed by atoms with Crippen molar-refractivity contribution in [3.05, 3.63) is 119 Å². The second-order valence-corrected chi connectivity index (χ2v) is 12.5. The second-order valence-electron chi connectivity index (χ2n) is 10.3. The van der Waals surface area contributed by atoms with Crippen molar-refractivity contribution in [2.75, 3.05) is 6.61 Å². The third-order valence-electron chi connectivity index (χ3n) is 6.91. The van der Waals surface area contributed by atoms with Gasteiger partial charge in [-0.05, 0) is 106 Å². The van der Waals surface area contributed by atoms with Crippen molar-refractivity contribution in [1.82, 2.24) is 9.66 Å². The fourth-order valence-electron chi connectivity index (χ4n) is 4.73. The van der Waals surface area contributed by atoms with E-state index in [2.05, 4.69) is 56.9 Å². The van der Waals surface area contributed by atoms with Crippen molar-refractivity contribution >= 4 is 60.6 Å². The lowest BCUT2D eigenvalue weighted by molar-refractivity contribution is 0.304. The number of rotatable bonds is 9. The highest BCUT2D eigenvalue weighted by Crippen LogP contribution is 2.36. The van der Waals surface area contributed by atoms with E-state index in [1.807, 2.05) is 68.4 Å². The zero-order valence-electron chi connectivity index (χ0n) is 24.2. The summed E-state index contributed by atoms with van der Waals surface area (Å²) in [6.45, 7) is 9.11.